The van der Waals surface area contributed by atoms with Crippen molar-refractivity contribution in [1.82, 2.24) is 0 Å². The molecule has 6 aromatic rings. The Bertz CT molecular complexity index is 3260. The second kappa shape index (κ2) is 16.9. The van der Waals surface area contributed by atoms with Gasteiger partial charge in [0.2, 0.25) is 10.8 Å². The number of nitrogens with two attached hydrogens (primary N) is 1. The normalized spacial score (nSPS) is 14.5. The Balaban J connectivity index is 1.09. The molecule has 2 heterocycles. The zero-order valence-electron chi connectivity index (χ0n) is 36.6. The standard InChI is InChI=1S/C50H30F12N4O6/c1-24-19-26(23-67)3-17-38(24)65-41(69)34-15-9-30(21-36(34)43(65)71)46(49(57,58)59,50(60,61)62)31-10-16-35-37(22-31)44(72)66(42(35)70)39-18-4-27(20-25(39)2)40(68)64-33-13-7-29(8-14-33)45(47(51,52)53,48(54,55)56)28-5-11-32(63)12-6-28/h3-23H,63H2,1-2H3,(H,64,68). The number of rotatable bonds is 9. The number of fused-ring (bicyclic) bond motifs is 2. The number of benzene rings is 6. The number of halogens is 12. The summed E-state index contributed by atoms with van der Waals surface area (Å²) < 4.78 is 180. The maximum Gasteiger partial charge on any atom is 0.411 e. The summed E-state index contributed by atoms with van der Waals surface area (Å²) in [5, 5.41) is 2.30. The van der Waals surface area contributed by atoms with Crippen LogP contribution in [0.25, 0.3) is 0 Å². The third kappa shape index (κ3) is 7.53. The molecule has 370 valence electrons. The van der Waals surface area contributed by atoms with Gasteiger partial charge in [-0.05, 0) is 132 Å². The van der Waals surface area contributed by atoms with Gasteiger partial charge in [-0.2, -0.15) is 52.7 Å². The fraction of sp³-hybridized carbons (Fsp3) is 0.160. The Kier molecular flexibility index (Phi) is 11.8. The second-order valence-electron chi connectivity index (χ2n) is 16.7. The Morgan fingerprint density at radius 2 is 0.847 bits per heavy atom. The summed E-state index contributed by atoms with van der Waals surface area (Å²) in [4.78, 5) is 80.2. The number of nitrogens with zero attached hydrogens (tertiary/aromatic N) is 2. The van der Waals surface area contributed by atoms with E-state index >= 15 is 26.3 Å². The summed E-state index contributed by atoms with van der Waals surface area (Å²) in [5.41, 5.74) is -13.2. The maximum absolute atomic E-state index is 15.4. The Labute approximate surface area is 397 Å². The average molecular weight is 1010 g/mol. The molecule has 0 bridgehead atoms. The molecular weight excluding hydrogens is 981 g/mol. The first-order chi connectivity index (χ1) is 33.5. The van der Waals surface area contributed by atoms with Gasteiger partial charge in [0.25, 0.3) is 29.5 Å². The quantitative estimate of drug-likeness (QED) is 0.0634. The first kappa shape index (κ1) is 50.1. The van der Waals surface area contributed by atoms with E-state index in [9.17, 15) is 55.1 Å². The minimum atomic E-state index is -6.27. The largest absolute Gasteiger partial charge is 0.411 e. The second-order valence-corrected chi connectivity index (χ2v) is 16.7. The lowest BCUT2D eigenvalue weighted by Gasteiger charge is -2.38. The highest BCUT2D eigenvalue weighted by atomic mass is 19.4. The van der Waals surface area contributed by atoms with Crippen LogP contribution < -0.4 is 20.9 Å². The SMILES string of the molecule is Cc1cc(C=O)ccc1N1C(=O)c2ccc(C(c3ccc4c(c3)C(=O)N(c3ccc(C(=O)Nc5ccc(C(c6ccc(N)cc6)(C(F)(F)F)C(F)(F)F)cc5)cc3C)C4=O)(C(F)(F)F)C(F)(F)F)cc2C1=O. The van der Waals surface area contributed by atoms with E-state index in [2.05, 4.69) is 5.32 Å². The van der Waals surface area contributed by atoms with Crippen molar-refractivity contribution < 1.29 is 81.5 Å². The van der Waals surface area contributed by atoms with Crippen LogP contribution >= 0.6 is 0 Å². The minimum absolute atomic E-state index is 0.0439. The number of aryl methyl sites for hydroxylation is 2. The first-order valence-corrected chi connectivity index (χ1v) is 20.8. The first-order valence-electron chi connectivity index (χ1n) is 20.8. The van der Waals surface area contributed by atoms with Crippen LogP contribution in [0.4, 0.5) is 75.4 Å². The van der Waals surface area contributed by atoms with Gasteiger partial charge in [0.15, 0.2) is 0 Å². The Morgan fingerprint density at radius 1 is 0.472 bits per heavy atom. The Morgan fingerprint density at radius 3 is 1.25 bits per heavy atom. The van der Waals surface area contributed by atoms with Crippen LogP contribution in [0.5, 0.6) is 0 Å². The van der Waals surface area contributed by atoms with Crippen molar-refractivity contribution in [3.63, 3.8) is 0 Å². The number of imide groups is 2. The van der Waals surface area contributed by atoms with Gasteiger partial charge in [-0.15, -0.1) is 0 Å². The number of alkyl halides is 12. The van der Waals surface area contributed by atoms with Crippen molar-refractivity contribution >= 4 is 58.6 Å². The predicted octanol–water partition coefficient (Wildman–Crippen LogP) is 11.4. The molecule has 0 saturated heterocycles. The van der Waals surface area contributed by atoms with Gasteiger partial charge >= 0.3 is 24.7 Å². The molecule has 22 heteroatoms. The van der Waals surface area contributed by atoms with E-state index in [-0.39, 0.29) is 57.1 Å². The number of anilines is 4. The molecule has 6 aromatic carbocycles. The molecule has 0 aliphatic carbocycles. The van der Waals surface area contributed by atoms with Crippen LogP contribution in [0.15, 0.2) is 121 Å². The molecule has 0 spiro atoms. The van der Waals surface area contributed by atoms with E-state index in [0.717, 1.165) is 42.5 Å². The smallest absolute Gasteiger partial charge is 0.399 e. The monoisotopic (exact) mass is 1010 g/mol. The van der Waals surface area contributed by atoms with Crippen LogP contribution in [0.1, 0.15) is 95.5 Å². The number of hydrogen-bond acceptors (Lipinski definition) is 7. The van der Waals surface area contributed by atoms with E-state index < -0.39 is 110 Å². The summed E-state index contributed by atoms with van der Waals surface area (Å²) in [6.45, 7) is 2.68. The summed E-state index contributed by atoms with van der Waals surface area (Å²) in [7, 11) is 0. The third-order valence-electron chi connectivity index (χ3n) is 12.6. The molecule has 2 aliphatic rings. The highest BCUT2D eigenvalue weighted by Crippen LogP contribution is 2.58. The molecular formula is C50H30F12N4O6. The maximum atomic E-state index is 15.4. The van der Waals surface area contributed by atoms with Crippen LogP contribution in [0, 0.1) is 13.8 Å². The summed E-state index contributed by atoms with van der Waals surface area (Å²) >= 11 is 0. The average Bonchev–Trinajstić information content (AvgIpc) is 3.68. The molecule has 3 N–H and O–H groups in total. The highest BCUT2D eigenvalue weighted by Gasteiger charge is 2.74. The number of hydrogen-bond donors (Lipinski definition) is 2. The lowest BCUT2D eigenvalue weighted by atomic mass is 9.71. The van der Waals surface area contributed by atoms with Crippen molar-refractivity contribution in [2.24, 2.45) is 0 Å². The molecule has 10 nitrogen and oxygen atoms in total. The highest BCUT2D eigenvalue weighted by molar-refractivity contribution is 6.35. The number of carbonyl (C=O) groups is 6. The minimum Gasteiger partial charge on any atom is -0.399 e. The van der Waals surface area contributed by atoms with Crippen molar-refractivity contribution in [1.29, 1.82) is 0 Å². The molecule has 0 atom stereocenters. The van der Waals surface area contributed by atoms with Crippen molar-refractivity contribution in [3.05, 3.63) is 188 Å². The van der Waals surface area contributed by atoms with Gasteiger partial charge in [0, 0.05) is 22.5 Å². The van der Waals surface area contributed by atoms with Crippen LogP contribution in [-0.4, -0.2) is 60.5 Å². The van der Waals surface area contributed by atoms with Gasteiger partial charge in [-0.3, -0.25) is 28.8 Å². The number of aldehydes is 1. The fourth-order valence-corrected chi connectivity index (χ4v) is 9.14. The van der Waals surface area contributed by atoms with Gasteiger partial charge in [0.05, 0.1) is 33.6 Å². The molecule has 0 radical (unpaired) electrons. The summed E-state index contributed by atoms with van der Waals surface area (Å²) in [5.74, 6) is -5.93. The molecule has 0 aromatic heterocycles. The molecule has 8 rings (SSSR count). The van der Waals surface area contributed by atoms with Crippen molar-refractivity contribution in [2.45, 2.75) is 49.4 Å². The molecule has 0 saturated carbocycles. The Hall–Kier alpha value is -8.30. The molecule has 0 unspecified atom stereocenters. The van der Waals surface area contributed by atoms with E-state index in [1.807, 2.05) is 0 Å². The zero-order valence-corrected chi connectivity index (χ0v) is 36.6. The number of nitrogens with one attached hydrogen (secondary N) is 1. The van der Waals surface area contributed by atoms with Gasteiger partial charge in [0.1, 0.15) is 6.29 Å². The van der Waals surface area contributed by atoms with E-state index in [4.69, 9.17) is 5.73 Å². The van der Waals surface area contributed by atoms with E-state index in [1.165, 1.54) is 32.0 Å². The molecule has 5 amide bonds. The van der Waals surface area contributed by atoms with Gasteiger partial charge in [-0.25, -0.2) is 9.80 Å². The summed E-state index contributed by atoms with van der Waals surface area (Å²) in [6.07, 6.45) is -23.9. The predicted molar refractivity (Wildman–Crippen MR) is 234 cm³/mol. The number of amides is 5. The van der Waals surface area contributed by atoms with Crippen LogP contribution in [0.3, 0.4) is 0 Å². The molecule has 2 aliphatic heterocycles. The fourth-order valence-electron chi connectivity index (χ4n) is 9.14. The number of carbonyl (C=O) groups excluding carboxylic acids is 6. The van der Waals surface area contributed by atoms with Gasteiger partial charge < -0.3 is 11.1 Å². The third-order valence-corrected chi connectivity index (χ3v) is 12.6. The molecule has 72 heavy (non-hydrogen) atoms. The summed E-state index contributed by atoms with van der Waals surface area (Å²) in [6, 6.07) is 14.9. The van der Waals surface area contributed by atoms with Crippen LogP contribution in [0.2, 0.25) is 0 Å². The zero-order chi connectivity index (χ0) is 52.8. The lowest BCUT2D eigenvalue weighted by molar-refractivity contribution is -0.290. The lowest BCUT2D eigenvalue weighted by Crippen LogP contribution is -2.55. The van der Waals surface area contributed by atoms with Crippen molar-refractivity contribution in [2.75, 3.05) is 20.9 Å². The van der Waals surface area contributed by atoms with Crippen LogP contribution in [-0.2, 0) is 10.8 Å². The molecule has 0 fully saturated rings. The number of nitrogen functional groups attached to an aromatic ring is 1. The van der Waals surface area contributed by atoms with E-state index in [1.54, 1.807) is 0 Å². The van der Waals surface area contributed by atoms with E-state index in [0.29, 0.717) is 64.6 Å². The topological polar surface area (TPSA) is 147 Å². The van der Waals surface area contributed by atoms with Crippen molar-refractivity contribution in [3.8, 4) is 0 Å². The van der Waals surface area contributed by atoms with Gasteiger partial charge in [-0.1, -0.05) is 36.4 Å².